The minimum atomic E-state index is -3.93. The molecule has 1 amide bonds. The van der Waals surface area contributed by atoms with Crippen molar-refractivity contribution in [3.8, 4) is 0 Å². The molecule has 0 spiro atoms. The molecular formula is C20H21ClN4O3S2. The first-order valence-electron chi connectivity index (χ1n) is 8.91. The number of hydrogen-bond donors (Lipinski definition) is 2. The van der Waals surface area contributed by atoms with E-state index in [1.54, 1.807) is 6.26 Å². The number of nitrogen functional groups attached to an aromatic ring is 1. The summed E-state index contributed by atoms with van der Waals surface area (Å²) in [7, 11) is -3.93. The van der Waals surface area contributed by atoms with Gasteiger partial charge in [0.2, 0.25) is 15.7 Å². The Morgan fingerprint density at radius 2 is 1.87 bits per heavy atom. The maximum atomic E-state index is 13.1. The summed E-state index contributed by atoms with van der Waals surface area (Å²) in [5.41, 5.74) is 8.81. The van der Waals surface area contributed by atoms with E-state index in [4.69, 9.17) is 17.3 Å². The van der Waals surface area contributed by atoms with E-state index in [9.17, 15) is 13.2 Å². The smallest absolute Gasteiger partial charge is 0.246 e. The Balaban J connectivity index is 1.91. The van der Waals surface area contributed by atoms with Gasteiger partial charge in [-0.15, -0.1) is 11.8 Å². The number of carbonyl (C=O) groups excluding carboxylic acids is 1. The molecule has 0 fully saturated rings. The van der Waals surface area contributed by atoms with Crippen LogP contribution in [-0.4, -0.2) is 30.4 Å². The Morgan fingerprint density at radius 1 is 1.20 bits per heavy atom. The van der Waals surface area contributed by atoms with Gasteiger partial charge in [-0.3, -0.25) is 4.79 Å². The number of halogens is 1. The van der Waals surface area contributed by atoms with E-state index in [0.717, 1.165) is 22.9 Å². The van der Waals surface area contributed by atoms with Crippen LogP contribution in [-0.2, 0) is 21.2 Å². The Labute approximate surface area is 184 Å². The largest absolute Gasteiger partial charge is 0.383 e. The minimum absolute atomic E-state index is 0.0492. The van der Waals surface area contributed by atoms with Crippen LogP contribution in [0.25, 0.3) is 0 Å². The van der Waals surface area contributed by atoms with Crippen LogP contribution in [0.4, 0.5) is 11.5 Å². The number of rotatable bonds is 6. The van der Waals surface area contributed by atoms with Crippen molar-refractivity contribution in [2.45, 2.75) is 35.2 Å². The predicted molar refractivity (Wildman–Crippen MR) is 120 cm³/mol. The van der Waals surface area contributed by atoms with Crippen molar-refractivity contribution in [3.63, 3.8) is 0 Å². The Morgan fingerprint density at radius 3 is 2.47 bits per heavy atom. The van der Waals surface area contributed by atoms with Gasteiger partial charge in [0.25, 0.3) is 0 Å². The summed E-state index contributed by atoms with van der Waals surface area (Å²) >= 11 is 7.00. The summed E-state index contributed by atoms with van der Waals surface area (Å²) in [6.45, 7) is 3.64. The third-order valence-electron chi connectivity index (χ3n) is 4.45. The summed E-state index contributed by atoms with van der Waals surface area (Å²) < 4.78 is 27.4. The molecule has 0 atom stereocenters. The van der Waals surface area contributed by atoms with E-state index < -0.39 is 9.84 Å². The molecule has 0 bridgehead atoms. The third kappa shape index (κ3) is 4.48. The Bertz CT molecular complexity index is 1210. The SMILES string of the molecule is CSc1nn(CC(=O)Nc2ccc(C)cc2C)c(N)c1S(=O)(=O)c1ccc(Cl)cc1. The van der Waals surface area contributed by atoms with E-state index in [-0.39, 0.29) is 33.1 Å². The van der Waals surface area contributed by atoms with Gasteiger partial charge in [-0.05, 0) is 56.0 Å². The molecule has 158 valence electrons. The number of aryl methyl sites for hydroxylation is 2. The second-order valence-electron chi connectivity index (χ2n) is 6.71. The molecule has 30 heavy (non-hydrogen) atoms. The lowest BCUT2D eigenvalue weighted by Gasteiger charge is -2.10. The van der Waals surface area contributed by atoms with Crippen LogP contribution >= 0.6 is 23.4 Å². The second-order valence-corrected chi connectivity index (χ2v) is 9.82. The Kier molecular flexibility index (Phi) is 6.44. The number of nitrogens with zero attached hydrogens (tertiary/aromatic N) is 2. The molecule has 1 aromatic heterocycles. The van der Waals surface area contributed by atoms with Crippen molar-refractivity contribution in [3.05, 3.63) is 58.6 Å². The summed E-state index contributed by atoms with van der Waals surface area (Å²) in [6, 6.07) is 11.5. The van der Waals surface area contributed by atoms with Crippen LogP contribution < -0.4 is 11.1 Å². The monoisotopic (exact) mass is 464 g/mol. The van der Waals surface area contributed by atoms with Crippen LogP contribution in [0.15, 0.2) is 57.3 Å². The van der Waals surface area contributed by atoms with Crippen LogP contribution in [0.3, 0.4) is 0 Å². The number of benzene rings is 2. The molecule has 1 heterocycles. The number of amides is 1. The second kappa shape index (κ2) is 8.71. The van der Waals surface area contributed by atoms with Crippen molar-refractivity contribution < 1.29 is 13.2 Å². The summed E-state index contributed by atoms with van der Waals surface area (Å²) in [5.74, 6) is -0.454. The zero-order chi connectivity index (χ0) is 22.1. The number of aromatic nitrogens is 2. The van der Waals surface area contributed by atoms with E-state index in [2.05, 4.69) is 10.4 Å². The van der Waals surface area contributed by atoms with Crippen molar-refractivity contribution in [2.75, 3.05) is 17.3 Å². The third-order valence-corrected chi connectivity index (χ3v) is 7.34. The fraction of sp³-hybridized carbons (Fsp3) is 0.200. The first kappa shape index (κ1) is 22.2. The fourth-order valence-electron chi connectivity index (χ4n) is 2.95. The Hall–Kier alpha value is -2.49. The number of hydrogen-bond acceptors (Lipinski definition) is 6. The highest BCUT2D eigenvalue weighted by atomic mass is 35.5. The molecule has 0 unspecified atom stereocenters. The zero-order valence-electron chi connectivity index (χ0n) is 16.6. The maximum absolute atomic E-state index is 13.1. The van der Waals surface area contributed by atoms with Gasteiger partial charge >= 0.3 is 0 Å². The van der Waals surface area contributed by atoms with Gasteiger partial charge in [-0.25, -0.2) is 13.1 Å². The van der Waals surface area contributed by atoms with E-state index in [1.165, 1.54) is 28.9 Å². The fourth-order valence-corrected chi connectivity index (χ4v) is 5.51. The normalized spacial score (nSPS) is 11.5. The molecule has 0 saturated heterocycles. The van der Waals surface area contributed by atoms with Crippen molar-refractivity contribution in [2.24, 2.45) is 0 Å². The molecule has 7 nitrogen and oxygen atoms in total. The van der Waals surface area contributed by atoms with Crippen LogP contribution in [0.5, 0.6) is 0 Å². The lowest BCUT2D eigenvalue weighted by molar-refractivity contribution is -0.116. The predicted octanol–water partition coefficient (Wildman–Crippen LogP) is 3.93. The average molecular weight is 465 g/mol. The van der Waals surface area contributed by atoms with Crippen molar-refractivity contribution in [1.82, 2.24) is 9.78 Å². The summed E-state index contributed by atoms with van der Waals surface area (Å²) in [5, 5.41) is 7.70. The lowest BCUT2D eigenvalue weighted by Crippen LogP contribution is -2.21. The van der Waals surface area contributed by atoms with Gasteiger partial charge in [0, 0.05) is 10.7 Å². The molecular weight excluding hydrogens is 444 g/mol. The molecule has 10 heteroatoms. The molecule has 0 aliphatic heterocycles. The molecule has 0 radical (unpaired) electrons. The number of nitrogens with two attached hydrogens (primary N) is 1. The van der Waals surface area contributed by atoms with E-state index in [0.29, 0.717) is 10.7 Å². The number of nitrogens with one attached hydrogen (secondary N) is 1. The van der Waals surface area contributed by atoms with Gasteiger partial charge in [0.05, 0.1) is 4.90 Å². The lowest BCUT2D eigenvalue weighted by atomic mass is 10.1. The highest BCUT2D eigenvalue weighted by molar-refractivity contribution is 7.99. The molecule has 0 aliphatic carbocycles. The van der Waals surface area contributed by atoms with E-state index >= 15 is 0 Å². The van der Waals surface area contributed by atoms with Gasteiger partial charge in [0.15, 0.2) is 0 Å². The zero-order valence-corrected chi connectivity index (χ0v) is 19.0. The average Bonchev–Trinajstić information content (AvgIpc) is 3.00. The molecule has 0 saturated carbocycles. The van der Waals surface area contributed by atoms with E-state index in [1.807, 2.05) is 32.0 Å². The standard InChI is InChI=1S/C20H21ClN4O3S2/c1-12-4-9-16(13(2)10-12)23-17(26)11-25-19(22)18(20(24-25)29-3)30(27,28)15-7-5-14(21)6-8-15/h4-10H,11,22H2,1-3H3,(H,23,26). The minimum Gasteiger partial charge on any atom is -0.383 e. The number of anilines is 2. The van der Waals surface area contributed by atoms with Crippen LogP contribution in [0.2, 0.25) is 5.02 Å². The highest BCUT2D eigenvalue weighted by Crippen LogP contribution is 2.34. The number of thioether (sulfide) groups is 1. The summed E-state index contributed by atoms with van der Waals surface area (Å²) in [6.07, 6.45) is 1.70. The van der Waals surface area contributed by atoms with Gasteiger partial charge in [-0.2, -0.15) is 5.10 Å². The van der Waals surface area contributed by atoms with Crippen LogP contribution in [0.1, 0.15) is 11.1 Å². The van der Waals surface area contributed by atoms with Crippen LogP contribution in [0, 0.1) is 13.8 Å². The molecule has 3 rings (SSSR count). The first-order chi connectivity index (χ1) is 14.1. The van der Waals surface area contributed by atoms with Crippen molar-refractivity contribution >= 4 is 50.6 Å². The molecule has 3 aromatic rings. The first-order valence-corrected chi connectivity index (χ1v) is 12.0. The van der Waals surface area contributed by atoms with Gasteiger partial charge in [0.1, 0.15) is 22.3 Å². The topological polar surface area (TPSA) is 107 Å². The molecule has 2 aromatic carbocycles. The van der Waals surface area contributed by atoms with Gasteiger partial charge in [-0.1, -0.05) is 29.3 Å². The van der Waals surface area contributed by atoms with Crippen molar-refractivity contribution in [1.29, 1.82) is 0 Å². The van der Waals surface area contributed by atoms with Gasteiger partial charge < -0.3 is 11.1 Å². The quantitative estimate of drug-likeness (QED) is 0.535. The number of sulfone groups is 1. The highest BCUT2D eigenvalue weighted by Gasteiger charge is 2.29. The molecule has 0 aliphatic rings. The number of carbonyl (C=O) groups is 1. The maximum Gasteiger partial charge on any atom is 0.246 e. The molecule has 3 N–H and O–H groups in total. The summed E-state index contributed by atoms with van der Waals surface area (Å²) in [4.78, 5) is 12.5.